The molecule has 54 heavy (non-hydrogen) atoms. The van der Waals surface area contributed by atoms with Gasteiger partial charge in [-0.15, -0.1) is 0 Å². The maximum atomic E-state index is 12.5. The van der Waals surface area contributed by atoms with E-state index < -0.39 is 15.4 Å². The molecule has 0 aliphatic heterocycles. The molecule has 0 aliphatic rings. The molecule has 2 heterocycles. The number of aromatic amines is 2. The molecule has 6 aromatic rings. The third kappa shape index (κ3) is 8.96. The van der Waals surface area contributed by atoms with Gasteiger partial charge in [-0.1, -0.05) is 71.2 Å². The molecule has 0 saturated carbocycles. The molecule has 0 spiro atoms. The lowest BCUT2D eigenvalue weighted by atomic mass is 9.97. The first kappa shape index (κ1) is 38.4. The summed E-state index contributed by atoms with van der Waals surface area (Å²) in [6.45, 7) is 12.9. The van der Waals surface area contributed by atoms with E-state index in [2.05, 4.69) is 33.6 Å². The minimum Gasteiger partial charge on any atom is -0.378 e. The van der Waals surface area contributed by atoms with Gasteiger partial charge >= 0.3 is 11.4 Å². The number of hydrogen-bond acceptors (Lipinski definition) is 7. The summed E-state index contributed by atoms with van der Waals surface area (Å²) in [4.78, 5) is 52.8. The van der Waals surface area contributed by atoms with Gasteiger partial charge in [-0.05, 0) is 97.0 Å². The van der Waals surface area contributed by atoms with Crippen LogP contribution in [0, 0.1) is 63.2 Å². The zero-order chi connectivity index (χ0) is 39.5. The lowest BCUT2D eigenvalue weighted by Gasteiger charge is -2.08. The van der Waals surface area contributed by atoms with Crippen molar-refractivity contribution >= 4 is 32.9 Å². The van der Waals surface area contributed by atoms with Crippen LogP contribution in [0.15, 0.2) is 94.5 Å². The van der Waals surface area contributed by atoms with Crippen molar-refractivity contribution in [1.82, 2.24) is 9.97 Å². The van der Waals surface area contributed by atoms with Gasteiger partial charge in [0.25, 0.3) is 11.1 Å². The Morgan fingerprint density at radius 2 is 0.944 bits per heavy atom. The second-order valence-corrected chi connectivity index (χ2v) is 14.4. The number of nitrogens with zero attached hydrogens (tertiary/aromatic N) is 2. The van der Waals surface area contributed by atoms with E-state index >= 15 is 0 Å². The van der Waals surface area contributed by atoms with Gasteiger partial charge in [0.05, 0.1) is 31.4 Å². The lowest BCUT2D eigenvalue weighted by Crippen LogP contribution is -2.14. The average molecular weight is 723 g/mol. The Labute approximate surface area is 311 Å². The van der Waals surface area contributed by atoms with Crippen LogP contribution in [0.25, 0.3) is 44.1 Å². The van der Waals surface area contributed by atoms with Gasteiger partial charge < -0.3 is 15.1 Å². The zero-order valence-corrected chi connectivity index (χ0v) is 30.9. The topological polar surface area (TPSA) is 172 Å². The van der Waals surface area contributed by atoms with Crippen molar-refractivity contribution < 1.29 is 15.0 Å². The molecule has 0 saturated heterocycles. The quantitative estimate of drug-likeness (QED) is 0.0932. The standard InChI is InChI=1S/C22H20N2O3.C21H18N2O4/c1-14-5-10-17-18(13-14)21(25)23-19(20(17)24(26)27)16-8-6-15(7-9-16)11-12-22(2,3)4;1-13-4-9-16-17(12-13)20(24)22-18(19(16)23(26)27)15-7-5-14(6-8-15)10-11-21(2,3)25/h5-10,13H,1-4H3,(H,23,25);4-9,12,25H,1-3H3,(H,22,24). The van der Waals surface area contributed by atoms with Crippen LogP contribution in [0.1, 0.15) is 56.9 Å². The molecule has 0 fully saturated rings. The molecule has 0 bridgehead atoms. The molecule has 2 aromatic heterocycles. The normalized spacial score (nSPS) is 11.1. The molecule has 0 amide bonds. The molecule has 0 radical (unpaired) electrons. The van der Waals surface area contributed by atoms with Gasteiger partial charge in [0.2, 0.25) is 0 Å². The first-order valence-electron chi connectivity index (χ1n) is 16.9. The van der Waals surface area contributed by atoms with Crippen molar-refractivity contribution in [3.05, 3.63) is 148 Å². The minimum absolute atomic E-state index is 0.0990. The Kier molecular flexibility index (Phi) is 10.7. The Morgan fingerprint density at radius 3 is 1.28 bits per heavy atom. The Hall–Kier alpha value is -6.82. The second kappa shape index (κ2) is 15.0. The number of aromatic nitrogens is 2. The van der Waals surface area contributed by atoms with Gasteiger partial charge in [-0.2, -0.15) is 0 Å². The Morgan fingerprint density at radius 1 is 0.574 bits per heavy atom. The molecule has 4 aromatic carbocycles. The van der Waals surface area contributed by atoms with E-state index in [1.165, 1.54) is 0 Å². The van der Waals surface area contributed by atoms with Crippen LogP contribution in [0.4, 0.5) is 11.4 Å². The molecule has 272 valence electrons. The lowest BCUT2D eigenvalue weighted by molar-refractivity contribution is -0.382. The number of H-pyrrole nitrogens is 2. The summed E-state index contributed by atoms with van der Waals surface area (Å²) in [7, 11) is 0. The van der Waals surface area contributed by atoms with Gasteiger partial charge in [0.15, 0.2) is 0 Å². The molecular weight excluding hydrogens is 684 g/mol. The van der Waals surface area contributed by atoms with Crippen LogP contribution in [0.3, 0.4) is 0 Å². The maximum absolute atomic E-state index is 12.5. The van der Waals surface area contributed by atoms with Crippen molar-refractivity contribution in [2.24, 2.45) is 5.41 Å². The van der Waals surface area contributed by atoms with Gasteiger partial charge in [-0.3, -0.25) is 29.8 Å². The van der Waals surface area contributed by atoms with Crippen LogP contribution < -0.4 is 11.1 Å². The number of aryl methyl sites for hydroxylation is 2. The Balaban J connectivity index is 0.000000208. The molecule has 0 atom stereocenters. The second-order valence-electron chi connectivity index (χ2n) is 14.4. The smallest absolute Gasteiger partial charge is 0.301 e. The summed E-state index contributed by atoms with van der Waals surface area (Å²) >= 11 is 0. The van der Waals surface area contributed by atoms with E-state index in [0.29, 0.717) is 32.8 Å². The van der Waals surface area contributed by atoms with Crippen molar-refractivity contribution in [3.63, 3.8) is 0 Å². The third-order valence-electron chi connectivity index (χ3n) is 8.11. The highest BCUT2D eigenvalue weighted by Crippen LogP contribution is 2.35. The van der Waals surface area contributed by atoms with Crippen LogP contribution in [0.2, 0.25) is 0 Å². The molecule has 6 rings (SSSR count). The highest BCUT2D eigenvalue weighted by atomic mass is 16.6. The number of nitro groups is 2. The fraction of sp³-hybridized carbons (Fsp3) is 0.209. The van der Waals surface area contributed by atoms with Gasteiger partial charge in [0.1, 0.15) is 17.0 Å². The summed E-state index contributed by atoms with van der Waals surface area (Å²) in [6, 6.07) is 23.8. The van der Waals surface area contributed by atoms with Gasteiger partial charge in [0, 0.05) is 27.7 Å². The average Bonchev–Trinajstić information content (AvgIpc) is 3.10. The monoisotopic (exact) mass is 722 g/mol. The van der Waals surface area contributed by atoms with E-state index in [9.17, 15) is 34.9 Å². The van der Waals surface area contributed by atoms with E-state index in [4.69, 9.17) is 0 Å². The fourth-order valence-electron chi connectivity index (χ4n) is 5.58. The van der Waals surface area contributed by atoms with Crippen LogP contribution in [-0.4, -0.2) is 30.5 Å². The number of fused-ring (bicyclic) bond motifs is 2. The van der Waals surface area contributed by atoms with Crippen LogP contribution >= 0.6 is 0 Å². The van der Waals surface area contributed by atoms with E-state index in [1.54, 1.807) is 98.8 Å². The molecule has 0 aliphatic carbocycles. The zero-order valence-electron chi connectivity index (χ0n) is 30.9. The van der Waals surface area contributed by atoms with E-state index in [1.807, 2.05) is 34.6 Å². The van der Waals surface area contributed by atoms with Crippen molar-refractivity contribution in [3.8, 4) is 46.2 Å². The molecule has 11 nitrogen and oxygen atoms in total. The molecular formula is C43H38N4O7. The third-order valence-corrected chi connectivity index (χ3v) is 8.11. The Bertz CT molecular complexity index is 2500. The van der Waals surface area contributed by atoms with Crippen molar-refractivity contribution in [2.75, 3.05) is 0 Å². The predicted octanol–water partition coefficient (Wildman–Crippen LogP) is 8.34. The number of nitrogens with one attached hydrogen (secondary N) is 2. The first-order valence-corrected chi connectivity index (χ1v) is 16.9. The number of benzene rings is 4. The molecule has 11 heteroatoms. The molecule has 0 unspecified atom stereocenters. The maximum Gasteiger partial charge on any atom is 0.301 e. The highest BCUT2D eigenvalue weighted by Gasteiger charge is 2.24. The number of pyridine rings is 2. The van der Waals surface area contributed by atoms with Crippen molar-refractivity contribution in [2.45, 2.75) is 54.1 Å². The van der Waals surface area contributed by atoms with E-state index in [0.717, 1.165) is 16.7 Å². The molecule has 3 N–H and O–H groups in total. The van der Waals surface area contributed by atoms with Gasteiger partial charge in [-0.25, -0.2) is 0 Å². The van der Waals surface area contributed by atoms with E-state index in [-0.39, 0.29) is 44.7 Å². The minimum atomic E-state index is -1.11. The first-order chi connectivity index (χ1) is 25.3. The summed E-state index contributed by atoms with van der Waals surface area (Å²) in [5, 5.41) is 34.4. The predicted molar refractivity (Wildman–Crippen MR) is 212 cm³/mol. The summed E-state index contributed by atoms with van der Waals surface area (Å²) in [5.74, 6) is 11.8. The number of aliphatic hydroxyl groups is 1. The number of rotatable bonds is 4. The van der Waals surface area contributed by atoms with Crippen molar-refractivity contribution in [1.29, 1.82) is 0 Å². The summed E-state index contributed by atoms with van der Waals surface area (Å²) in [5.41, 5.74) is 2.46. The summed E-state index contributed by atoms with van der Waals surface area (Å²) < 4.78 is 0. The SMILES string of the molecule is Cc1ccc2c([N+](=O)[O-])c(-c3ccc(C#CC(C)(C)C)cc3)[nH]c(=O)c2c1.Cc1ccc2c([N+](=O)[O-])c(-c3ccc(C#CC(C)(C)O)cc3)[nH]c(=O)c2c1. The fourth-order valence-corrected chi connectivity index (χ4v) is 5.58. The summed E-state index contributed by atoms with van der Waals surface area (Å²) in [6.07, 6.45) is 0. The highest BCUT2D eigenvalue weighted by molar-refractivity contribution is 5.97. The largest absolute Gasteiger partial charge is 0.378 e. The van der Waals surface area contributed by atoms with Crippen LogP contribution in [-0.2, 0) is 0 Å². The van der Waals surface area contributed by atoms with Crippen LogP contribution in [0.5, 0.6) is 0 Å². The number of hydrogen-bond donors (Lipinski definition) is 3.